The smallest absolute Gasteiger partial charge is 0.369 e. The third-order valence-corrected chi connectivity index (χ3v) is 6.15. The van der Waals surface area contributed by atoms with E-state index < -0.39 is 11.7 Å². The van der Waals surface area contributed by atoms with E-state index in [2.05, 4.69) is 35.9 Å². The van der Waals surface area contributed by atoms with Gasteiger partial charge in [-0.25, -0.2) is 15.0 Å². The van der Waals surface area contributed by atoms with Crippen LogP contribution in [0.4, 0.5) is 19.1 Å². The summed E-state index contributed by atoms with van der Waals surface area (Å²) >= 11 is 0. The summed E-state index contributed by atoms with van der Waals surface area (Å²) in [4.78, 5) is 15.9. The van der Waals surface area contributed by atoms with Crippen LogP contribution in [0.3, 0.4) is 0 Å². The van der Waals surface area contributed by atoms with Crippen LogP contribution in [0.2, 0.25) is 0 Å². The zero-order valence-corrected chi connectivity index (χ0v) is 18.2. The van der Waals surface area contributed by atoms with Crippen molar-refractivity contribution < 1.29 is 17.9 Å². The van der Waals surface area contributed by atoms with Crippen LogP contribution in [0.25, 0.3) is 22.3 Å². The van der Waals surface area contributed by atoms with Crippen LogP contribution in [-0.4, -0.2) is 58.3 Å². The average molecular weight is 461 g/mol. The van der Waals surface area contributed by atoms with Gasteiger partial charge < -0.3 is 25.7 Å². The molecule has 3 aromatic rings. The molecule has 0 bridgehead atoms. The van der Waals surface area contributed by atoms with Gasteiger partial charge in [0.2, 0.25) is 5.95 Å². The molecule has 3 unspecified atom stereocenters. The van der Waals surface area contributed by atoms with Gasteiger partial charge in [0.15, 0.2) is 0 Å². The molecule has 0 spiro atoms. The molecule has 5 heterocycles. The number of nitrogens with zero attached hydrogens (tertiary/aromatic N) is 3. The zero-order valence-electron chi connectivity index (χ0n) is 18.2. The summed E-state index contributed by atoms with van der Waals surface area (Å²) in [6.45, 7) is 5.02. The van der Waals surface area contributed by atoms with E-state index in [9.17, 15) is 13.2 Å². The Morgan fingerprint density at radius 2 is 2.06 bits per heavy atom. The van der Waals surface area contributed by atoms with Crippen LogP contribution < -0.4 is 16.0 Å². The van der Waals surface area contributed by atoms with Crippen molar-refractivity contribution in [3.8, 4) is 11.3 Å². The highest BCUT2D eigenvalue weighted by Crippen LogP contribution is 2.39. The number of aromatic nitrogens is 4. The quantitative estimate of drug-likeness (QED) is 0.473. The van der Waals surface area contributed by atoms with Gasteiger partial charge in [-0.3, -0.25) is 0 Å². The molecule has 0 amide bonds. The molecular weight excluding hydrogens is 435 g/mol. The van der Waals surface area contributed by atoms with Crippen LogP contribution in [-0.2, 0) is 10.9 Å². The number of fused-ring (bicyclic) bond motifs is 1. The van der Waals surface area contributed by atoms with Gasteiger partial charge in [-0.15, -0.1) is 0 Å². The van der Waals surface area contributed by atoms with Crippen molar-refractivity contribution in [2.45, 2.75) is 44.1 Å². The molecule has 3 aromatic heterocycles. The van der Waals surface area contributed by atoms with Crippen LogP contribution in [0.1, 0.15) is 37.1 Å². The minimum Gasteiger partial charge on any atom is -0.369 e. The lowest BCUT2D eigenvalue weighted by molar-refractivity contribution is -0.137. The maximum atomic E-state index is 13.8. The molecule has 4 N–H and O–H groups in total. The predicted molar refractivity (Wildman–Crippen MR) is 118 cm³/mol. The number of nitrogens with one attached hydrogen (secondary N) is 4. The Morgan fingerprint density at radius 3 is 2.82 bits per heavy atom. The SMILES string of the molecule is CC1NCCOC1c1ccc2c(-c3nc(NC4CCCNC4)ncc3C(F)(F)F)c[nH]c2n1. The molecule has 33 heavy (non-hydrogen) atoms. The third kappa shape index (κ3) is 4.53. The van der Waals surface area contributed by atoms with Gasteiger partial charge in [-0.05, 0) is 38.4 Å². The van der Waals surface area contributed by atoms with E-state index >= 15 is 0 Å². The lowest BCUT2D eigenvalue weighted by atomic mass is 10.0. The van der Waals surface area contributed by atoms with Crippen molar-refractivity contribution in [3.63, 3.8) is 0 Å². The van der Waals surface area contributed by atoms with E-state index in [0.717, 1.165) is 44.4 Å². The monoisotopic (exact) mass is 461 g/mol. The molecule has 2 saturated heterocycles. The first kappa shape index (κ1) is 22.1. The number of morpholine rings is 1. The number of pyridine rings is 1. The molecule has 11 heteroatoms. The van der Waals surface area contributed by atoms with E-state index in [4.69, 9.17) is 4.74 Å². The number of halogens is 3. The molecule has 0 aromatic carbocycles. The maximum Gasteiger partial charge on any atom is 0.419 e. The fourth-order valence-corrected chi connectivity index (χ4v) is 4.46. The summed E-state index contributed by atoms with van der Waals surface area (Å²) in [5, 5.41) is 10.3. The molecule has 2 fully saturated rings. The third-order valence-electron chi connectivity index (χ3n) is 6.15. The van der Waals surface area contributed by atoms with Crippen LogP contribution >= 0.6 is 0 Å². The van der Waals surface area contributed by atoms with Crippen molar-refractivity contribution in [1.82, 2.24) is 30.6 Å². The topological polar surface area (TPSA) is 99.8 Å². The van der Waals surface area contributed by atoms with Gasteiger partial charge >= 0.3 is 6.18 Å². The van der Waals surface area contributed by atoms with Gasteiger partial charge in [0.1, 0.15) is 17.3 Å². The normalized spacial score (nSPS) is 24.2. The molecule has 0 saturated carbocycles. The first-order chi connectivity index (χ1) is 15.9. The van der Waals surface area contributed by atoms with Crippen molar-refractivity contribution in [1.29, 1.82) is 0 Å². The standard InChI is InChI=1S/C22H26F3N7O/c1-12-19(33-8-7-27-12)17-5-4-14-15(10-28-20(14)31-17)18-16(22(23,24)25)11-29-21(32-18)30-13-3-2-6-26-9-13/h4-5,10-13,19,26-27H,2-3,6-9H2,1H3,(H,28,31)(H,29,30,32). The highest BCUT2D eigenvalue weighted by atomic mass is 19.4. The number of aromatic amines is 1. The van der Waals surface area contributed by atoms with Crippen molar-refractivity contribution in [3.05, 3.63) is 35.8 Å². The lowest BCUT2D eigenvalue weighted by Crippen LogP contribution is -2.41. The Labute approximate surface area is 188 Å². The molecular formula is C22H26F3N7O. The van der Waals surface area contributed by atoms with E-state index in [-0.39, 0.29) is 29.8 Å². The molecule has 0 radical (unpaired) electrons. The molecule has 176 valence electrons. The number of hydrogen-bond acceptors (Lipinski definition) is 7. The molecule has 0 aliphatic carbocycles. The van der Waals surface area contributed by atoms with Gasteiger partial charge in [0, 0.05) is 48.5 Å². The number of ether oxygens (including phenoxy) is 1. The zero-order chi connectivity index (χ0) is 23.0. The van der Waals surface area contributed by atoms with E-state index in [1.54, 1.807) is 12.1 Å². The highest BCUT2D eigenvalue weighted by molar-refractivity contribution is 5.93. The first-order valence-electron chi connectivity index (χ1n) is 11.1. The Kier molecular flexibility index (Phi) is 5.94. The van der Waals surface area contributed by atoms with Gasteiger partial charge in [0.25, 0.3) is 0 Å². The number of hydrogen-bond donors (Lipinski definition) is 4. The summed E-state index contributed by atoms with van der Waals surface area (Å²) in [5.41, 5.74) is 0.490. The van der Waals surface area contributed by atoms with Crippen molar-refractivity contribution in [2.75, 3.05) is 31.6 Å². The predicted octanol–water partition coefficient (Wildman–Crippen LogP) is 3.25. The van der Waals surface area contributed by atoms with E-state index in [1.165, 1.54) is 6.20 Å². The second-order valence-corrected chi connectivity index (χ2v) is 8.51. The van der Waals surface area contributed by atoms with Crippen LogP contribution in [0, 0.1) is 0 Å². The largest absolute Gasteiger partial charge is 0.419 e. The number of alkyl halides is 3. The second-order valence-electron chi connectivity index (χ2n) is 8.51. The number of rotatable bonds is 4. The number of piperidine rings is 1. The number of H-pyrrole nitrogens is 1. The van der Waals surface area contributed by atoms with Crippen molar-refractivity contribution >= 4 is 17.0 Å². The van der Waals surface area contributed by atoms with Crippen LogP contribution in [0.5, 0.6) is 0 Å². The second kappa shape index (κ2) is 8.88. The number of anilines is 1. The molecule has 5 rings (SSSR count). The molecule has 8 nitrogen and oxygen atoms in total. The Morgan fingerprint density at radius 1 is 1.18 bits per heavy atom. The molecule has 2 aliphatic rings. The van der Waals surface area contributed by atoms with Crippen LogP contribution in [0.15, 0.2) is 24.5 Å². The van der Waals surface area contributed by atoms with Crippen molar-refractivity contribution in [2.24, 2.45) is 0 Å². The minimum absolute atomic E-state index is 0.0709. The fourth-order valence-electron chi connectivity index (χ4n) is 4.46. The minimum atomic E-state index is -4.59. The lowest BCUT2D eigenvalue weighted by Gasteiger charge is -2.29. The summed E-state index contributed by atoms with van der Waals surface area (Å²) < 4.78 is 47.3. The fraction of sp³-hybridized carbons (Fsp3) is 0.500. The highest BCUT2D eigenvalue weighted by Gasteiger charge is 2.36. The Bertz CT molecular complexity index is 1130. The summed E-state index contributed by atoms with van der Waals surface area (Å²) in [6.07, 6.45) is -0.545. The van der Waals surface area contributed by atoms with E-state index in [1.807, 2.05) is 6.92 Å². The molecule has 3 atom stereocenters. The average Bonchev–Trinajstić information content (AvgIpc) is 3.22. The molecule has 2 aliphatic heterocycles. The Hall–Kier alpha value is -2.76. The summed E-state index contributed by atoms with van der Waals surface area (Å²) in [6, 6.07) is 3.73. The Balaban J connectivity index is 1.52. The van der Waals surface area contributed by atoms with Gasteiger partial charge in [-0.1, -0.05) is 0 Å². The summed E-state index contributed by atoms with van der Waals surface area (Å²) in [7, 11) is 0. The maximum absolute atomic E-state index is 13.8. The van der Waals surface area contributed by atoms with Gasteiger partial charge in [-0.2, -0.15) is 13.2 Å². The summed E-state index contributed by atoms with van der Waals surface area (Å²) in [5.74, 6) is 0.182. The van der Waals surface area contributed by atoms with Gasteiger partial charge in [0.05, 0.1) is 18.0 Å². The first-order valence-corrected chi connectivity index (χ1v) is 11.1. The van der Waals surface area contributed by atoms with E-state index in [0.29, 0.717) is 23.2 Å².